The van der Waals surface area contributed by atoms with Crippen LogP contribution in [0.15, 0.2) is 9.98 Å². The number of aliphatic carboxylic acids is 2. The molecule has 0 radical (unpaired) electrons. The highest BCUT2D eigenvalue weighted by atomic mass is 16.4. The van der Waals surface area contributed by atoms with Crippen LogP contribution in [0.2, 0.25) is 0 Å². The maximum absolute atomic E-state index is 13.5. The van der Waals surface area contributed by atoms with Crippen LogP contribution < -0.4 is 60.6 Å². The van der Waals surface area contributed by atoms with Crippen LogP contribution >= 0.6 is 0 Å². The monoisotopic (exact) mass is 829 g/mol. The van der Waals surface area contributed by atoms with Crippen molar-refractivity contribution in [3.63, 3.8) is 0 Å². The van der Waals surface area contributed by atoms with Crippen molar-refractivity contribution < 1.29 is 53.7 Å². The molecule has 0 bridgehead atoms. The summed E-state index contributed by atoms with van der Waals surface area (Å²) in [4.78, 5) is 110. The van der Waals surface area contributed by atoms with Crippen molar-refractivity contribution in [2.45, 2.75) is 122 Å². The van der Waals surface area contributed by atoms with E-state index in [1.54, 1.807) is 27.7 Å². The fourth-order valence-corrected chi connectivity index (χ4v) is 5.18. The molecule has 0 aliphatic heterocycles. The molecule has 0 aromatic carbocycles. The molecule has 58 heavy (non-hydrogen) atoms. The minimum absolute atomic E-state index is 0.00539. The number of carbonyl (C=O) groups excluding carboxylic acids is 6. The molecule has 24 heteroatoms. The lowest BCUT2D eigenvalue weighted by atomic mass is 10.0. The average Bonchev–Trinajstić information content (AvgIpc) is 3.11. The van der Waals surface area contributed by atoms with Gasteiger partial charge >= 0.3 is 11.9 Å². The van der Waals surface area contributed by atoms with Gasteiger partial charge < -0.3 is 75.9 Å². The number of rotatable bonds is 28. The summed E-state index contributed by atoms with van der Waals surface area (Å²) in [5.41, 5.74) is 26.9. The molecule has 0 aromatic heterocycles. The topological polar surface area (TPSA) is 424 Å². The molecule has 0 aliphatic carbocycles. The van der Waals surface area contributed by atoms with Gasteiger partial charge in [0.05, 0.1) is 13.0 Å². The lowest BCUT2D eigenvalue weighted by Gasteiger charge is -2.27. The maximum atomic E-state index is 13.5. The Morgan fingerprint density at radius 2 is 0.914 bits per heavy atom. The van der Waals surface area contributed by atoms with Crippen LogP contribution in [0.25, 0.3) is 0 Å². The standard InChI is InChI=1S/C34H63N13O11/c1-16(2)12-22(30(55)47-24(14-25(49)50)31(56)44-21(32(57)58)9-7-11-41-34(38)39)45-26(51)18(5)42-28(53)20(8-6-10-40-33(36)37)43-29(54)23(13-17(3)4)46-27(52)19(35)15-48/h16-24,48H,6-15,35H2,1-5H3,(H,42,53)(H,43,54)(H,44,56)(H,45,51)(H,46,52)(H,47,55)(H,49,50)(H,57,58)(H4,36,37,40)(H4,38,39,41)/t18-,19-,20-,21-,22-,23-,24-/m0/s1. The largest absolute Gasteiger partial charge is 0.481 e. The van der Waals surface area contributed by atoms with E-state index in [2.05, 4.69) is 41.9 Å². The highest BCUT2D eigenvalue weighted by Crippen LogP contribution is 2.10. The summed E-state index contributed by atoms with van der Waals surface area (Å²) >= 11 is 0. The summed E-state index contributed by atoms with van der Waals surface area (Å²) in [6.45, 7) is 7.80. The Bertz CT molecular complexity index is 1470. The third-order valence-electron chi connectivity index (χ3n) is 8.12. The fourth-order valence-electron chi connectivity index (χ4n) is 5.18. The number of aliphatic hydroxyl groups excluding tert-OH is 1. The number of guanidine groups is 2. The molecule has 0 saturated heterocycles. The molecule has 0 fully saturated rings. The summed E-state index contributed by atoms with van der Waals surface area (Å²) in [6.07, 6.45) is -0.604. The second-order valence-corrected chi connectivity index (χ2v) is 14.4. The number of carboxylic acids is 2. The SMILES string of the molecule is CC(C)C[C@H](NC(=O)[C@H](C)NC(=O)[C@H](CCCN=C(N)N)NC(=O)[C@H](CC(C)C)NC(=O)[C@@H](N)CO)C(=O)N[C@@H](CC(=O)O)C(=O)N[C@@H](CCCN=C(N)N)C(=O)O. The minimum atomic E-state index is -1.75. The highest BCUT2D eigenvalue weighted by Gasteiger charge is 2.33. The third kappa shape index (κ3) is 22.1. The summed E-state index contributed by atoms with van der Waals surface area (Å²) < 4.78 is 0. The molecule has 6 amide bonds. The zero-order chi connectivity index (χ0) is 44.7. The molecule has 330 valence electrons. The predicted octanol–water partition coefficient (Wildman–Crippen LogP) is -5.01. The zero-order valence-electron chi connectivity index (χ0n) is 33.7. The first-order valence-corrected chi connectivity index (χ1v) is 18.7. The molecule has 24 nitrogen and oxygen atoms in total. The molecule has 0 spiro atoms. The van der Waals surface area contributed by atoms with Gasteiger partial charge in [-0.1, -0.05) is 27.7 Å². The number of hydrogen-bond donors (Lipinski definition) is 14. The van der Waals surface area contributed by atoms with E-state index in [1.165, 1.54) is 6.92 Å². The van der Waals surface area contributed by atoms with Crippen molar-refractivity contribution in [2.75, 3.05) is 19.7 Å². The Balaban J connectivity index is 6.11. The van der Waals surface area contributed by atoms with E-state index in [4.69, 9.17) is 28.7 Å². The molecular weight excluding hydrogens is 766 g/mol. The van der Waals surface area contributed by atoms with Crippen LogP contribution in [0.3, 0.4) is 0 Å². The van der Waals surface area contributed by atoms with Crippen LogP contribution in [0.1, 0.15) is 79.6 Å². The Hall–Kier alpha value is -5.78. The second-order valence-electron chi connectivity index (χ2n) is 14.4. The normalized spacial score (nSPS) is 14.6. The Labute approximate surface area is 336 Å². The van der Waals surface area contributed by atoms with E-state index in [0.29, 0.717) is 0 Å². The van der Waals surface area contributed by atoms with E-state index >= 15 is 0 Å². The molecular formula is C34H63N13O11. The number of carboxylic acid groups (broad SMARTS) is 2. The van der Waals surface area contributed by atoms with E-state index in [1.807, 2.05) is 0 Å². The van der Waals surface area contributed by atoms with Crippen LogP contribution in [-0.4, -0.2) is 137 Å². The summed E-state index contributed by atoms with van der Waals surface area (Å²) in [5, 5.41) is 42.8. The van der Waals surface area contributed by atoms with E-state index in [-0.39, 0.29) is 75.4 Å². The van der Waals surface area contributed by atoms with Crippen LogP contribution in [0.5, 0.6) is 0 Å². The van der Waals surface area contributed by atoms with Gasteiger partial charge in [-0.25, -0.2) is 4.79 Å². The molecule has 19 N–H and O–H groups in total. The number of amides is 6. The first kappa shape index (κ1) is 52.2. The lowest BCUT2D eigenvalue weighted by Crippen LogP contribution is -2.59. The molecule has 0 aliphatic rings. The Morgan fingerprint density at radius 1 is 0.534 bits per heavy atom. The third-order valence-corrected chi connectivity index (χ3v) is 8.12. The number of nitrogens with two attached hydrogens (primary N) is 5. The Morgan fingerprint density at radius 3 is 1.33 bits per heavy atom. The van der Waals surface area contributed by atoms with Crippen molar-refractivity contribution in [3.05, 3.63) is 0 Å². The van der Waals surface area contributed by atoms with Crippen LogP contribution in [0, 0.1) is 11.8 Å². The second kappa shape index (κ2) is 27.0. The maximum Gasteiger partial charge on any atom is 0.326 e. The molecule has 7 atom stereocenters. The number of nitrogens with one attached hydrogen (secondary N) is 6. The summed E-state index contributed by atoms with van der Waals surface area (Å²) in [5.74, 6) is -8.99. The van der Waals surface area contributed by atoms with Crippen LogP contribution in [0.4, 0.5) is 0 Å². The van der Waals surface area contributed by atoms with Gasteiger partial charge in [-0.2, -0.15) is 0 Å². The Kier molecular flexibility index (Phi) is 24.3. The van der Waals surface area contributed by atoms with Crippen molar-refractivity contribution in [1.29, 1.82) is 0 Å². The number of carbonyl (C=O) groups is 8. The van der Waals surface area contributed by atoms with Gasteiger partial charge in [0.1, 0.15) is 42.3 Å². The van der Waals surface area contributed by atoms with Gasteiger partial charge in [0.2, 0.25) is 35.4 Å². The summed E-state index contributed by atoms with van der Waals surface area (Å²) in [6, 6.07) is -9.63. The molecule has 0 rings (SSSR count). The van der Waals surface area contributed by atoms with Crippen LogP contribution in [-0.2, 0) is 38.4 Å². The van der Waals surface area contributed by atoms with E-state index in [9.17, 15) is 53.7 Å². The quantitative estimate of drug-likeness (QED) is 0.0199. The predicted molar refractivity (Wildman–Crippen MR) is 211 cm³/mol. The van der Waals surface area contributed by atoms with Gasteiger partial charge in [-0.05, 0) is 57.3 Å². The van der Waals surface area contributed by atoms with E-state index < -0.39 is 103 Å². The van der Waals surface area contributed by atoms with Crippen molar-refractivity contribution >= 4 is 59.3 Å². The number of hydrogen-bond acceptors (Lipinski definition) is 12. The van der Waals surface area contributed by atoms with Gasteiger partial charge in [0.25, 0.3) is 0 Å². The van der Waals surface area contributed by atoms with Gasteiger partial charge in [-0.3, -0.25) is 43.5 Å². The summed E-state index contributed by atoms with van der Waals surface area (Å²) in [7, 11) is 0. The minimum Gasteiger partial charge on any atom is -0.481 e. The first-order chi connectivity index (χ1) is 27.0. The van der Waals surface area contributed by atoms with Crippen molar-refractivity contribution in [2.24, 2.45) is 50.5 Å². The lowest BCUT2D eigenvalue weighted by molar-refractivity contribution is -0.144. The van der Waals surface area contributed by atoms with Gasteiger partial charge in [-0.15, -0.1) is 0 Å². The molecule has 0 unspecified atom stereocenters. The average molecular weight is 830 g/mol. The van der Waals surface area contributed by atoms with Crippen molar-refractivity contribution in [1.82, 2.24) is 31.9 Å². The zero-order valence-corrected chi connectivity index (χ0v) is 33.7. The number of aliphatic imine (C=N–C) groups is 2. The van der Waals surface area contributed by atoms with E-state index in [0.717, 1.165) is 0 Å². The van der Waals surface area contributed by atoms with Gasteiger partial charge in [0.15, 0.2) is 11.9 Å². The van der Waals surface area contributed by atoms with Crippen molar-refractivity contribution in [3.8, 4) is 0 Å². The highest BCUT2D eigenvalue weighted by molar-refractivity contribution is 5.97. The first-order valence-electron chi connectivity index (χ1n) is 18.7. The molecule has 0 heterocycles. The number of aliphatic hydroxyl groups is 1. The number of nitrogens with zero attached hydrogens (tertiary/aromatic N) is 2. The smallest absolute Gasteiger partial charge is 0.326 e. The molecule has 0 saturated carbocycles. The molecule has 0 aromatic rings. The fraction of sp³-hybridized carbons (Fsp3) is 0.706. The van der Waals surface area contributed by atoms with Gasteiger partial charge in [0, 0.05) is 13.1 Å².